The van der Waals surface area contributed by atoms with Gasteiger partial charge in [-0.25, -0.2) is 4.39 Å². The standard InChI is InChI=1S/C13H14FNO/c1-16-13-7-6-10(12(15)8-14)9-4-2-3-5-11(9)13/h2-7,12H,8,15H2,1H3/t12-/m0/s1. The number of benzene rings is 2. The highest BCUT2D eigenvalue weighted by molar-refractivity contribution is 5.91. The minimum Gasteiger partial charge on any atom is -0.496 e. The molecule has 3 heteroatoms. The number of nitrogens with two attached hydrogens (primary N) is 1. The van der Waals surface area contributed by atoms with Crippen LogP contribution in [0.1, 0.15) is 11.6 Å². The summed E-state index contributed by atoms with van der Waals surface area (Å²) in [6.07, 6.45) is 0. The summed E-state index contributed by atoms with van der Waals surface area (Å²) in [6, 6.07) is 10.8. The summed E-state index contributed by atoms with van der Waals surface area (Å²) in [6.45, 7) is -0.559. The summed E-state index contributed by atoms with van der Waals surface area (Å²) in [5.74, 6) is 0.783. The monoisotopic (exact) mass is 219 g/mol. The second-order valence-corrected chi connectivity index (χ2v) is 3.66. The molecule has 2 N–H and O–H groups in total. The van der Waals surface area contributed by atoms with Crippen molar-refractivity contribution in [1.82, 2.24) is 0 Å². The molecule has 0 amide bonds. The molecule has 84 valence electrons. The summed E-state index contributed by atoms with van der Waals surface area (Å²) >= 11 is 0. The molecule has 2 rings (SSSR count). The SMILES string of the molecule is COc1ccc([C@@H](N)CF)c2ccccc12. The fourth-order valence-corrected chi connectivity index (χ4v) is 1.88. The second kappa shape index (κ2) is 4.49. The lowest BCUT2D eigenvalue weighted by molar-refractivity contribution is 0.418. The molecular formula is C13H14FNO. The molecule has 16 heavy (non-hydrogen) atoms. The van der Waals surface area contributed by atoms with Gasteiger partial charge in [0.15, 0.2) is 0 Å². The molecule has 0 saturated carbocycles. The van der Waals surface area contributed by atoms with E-state index in [9.17, 15) is 4.39 Å². The third-order valence-electron chi connectivity index (χ3n) is 2.70. The molecular weight excluding hydrogens is 205 g/mol. The van der Waals surface area contributed by atoms with Crippen LogP contribution in [-0.2, 0) is 0 Å². The average molecular weight is 219 g/mol. The van der Waals surface area contributed by atoms with Crippen LogP contribution < -0.4 is 10.5 Å². The van der Waals surface area contributed by atoms with E-state index in [0.717, 1.165) is 22.1 Å². The third kappa shape index (κ3) is 1.74. The Hall–Kier alpha value is -1.61. The van der Waals surface area contributed by atoms with Crippen LogP contribution in [0.5, 0.6) is 5.75 Å². The Morgan fingerprint density at radius 2 is 1.88 bits per heavy atom. The normalized spacial score (nSPS) is 12.7. The number of fused-ring (bicyclic) bond motifs is 1. The van der Waals surface area contributed by atoms with Gasteiger partial charge in [-0.2, -0.15) is 0 Å². The van der Waals surface area contributed by atoms with Crippen molar-refractivity contribution >= 4 is 10.8 Å². The highest BCUT2D eigenvalue weighted by atomic mass is 19.1. The number of methoxy groups -OCH3 is 1. The molecule has 0 spiro atoms. The van der Waals surface area contributed by atoms with E-state index < -0.39 is 12.7 Å². The Morgan fingerprint density at radius 1 is 1.19 bits per heavy atom. The number of hydrogen-bond acceptors (Lipinski definition) is 2. The smallest absolute Gasteiger partial charge is 0.126 e. The van der Waals surface area contributed by atoms with E-state index in [-0.39, 0.29) is 0 Å². The largest absolute Gasteiger partial charge is 0.496 e. The van der Waals surface area contributed by atoms with Crippen molar-refractivity contribution in [3.63, 3.8) is 0 Å². The van der Waals surface area contributed by atoms with E-state index in [0.29, 0.717) is 0 Å². The lowest BCUT2D eigenvalue weighted by Gasteiger charge is -2.13. The van der Waals surface area contributed by atoms with Crippen molar-refractivity contribution in [2.75, 3.05) is 13.8 Å². The van der Waals surface area contributed by atoms with Gasteiger partial charge in [-0.1, -0.05) is 30.3 Å². The lowest BCUT2D eigenvalue weighted by atomic mass is 9.99. The van der Waals surface area contributed by atoms with Crippen LogP contribution in [0.4, 0.5) is 4.39 Å². The Kier molecular flexibility index (Phi) is 3.06. The molecule has 1 atom stereocenters. The molecule has 0 fully saturated rings. The van der Waals surface area contributed by atoms with Crippen LogP contribution in [0.25, 0.3) is 10.8 Å². The quantitative estimate of drug-likeness (QED) is 0.861. The minimum absolute atomic E-state index is 0.559. The Labute approximate surface area is 93.8 Å². The Balaban J connectivity index is 2.69. The van der Waals surface area contributed by atoms with Gasteiger partial charge in [-0.3, -0.25) is 0 Å². The van der Waals surface area contributed by atoms with E-state index in [1.807, 2.05) is 36.4 Å². The molecule has 0 radical (unpaired) electrons. The molecule has 0 bridgehead atoms. The Bertz CT molecular complexity index is 498. The van der Waals surface area contributed by atoms with Gasteiger partial charge in [0.1, 0.15) is 12.4 Å². The van der Waals surface area contributed by atoms with Crippen molar-refractivity contribution in [2.24, 2.45) is 5.73 Å². The summed E-state index contributed by atoms with van der Waals surface area (Å²) in [7, 11) is 1.62. The van der Waals surface area contributed by atoms with Gasteiger partial charge in [0.2, 0.25) is 0 Å². The van der Waals surface area contributed by atoms with Crippen LogP contribution in [0.3, 0.4) is 0 Å². The molecule has 2 nitrogen and oxygen atoms in total. The van der Waals surface area contributed by atoms with Gasteiger partial charge >= 0.3 is 0 Å². The third-order valence-corrected chi connectivity index (χ3v) is 2.70. The van der Waals surface area contributed by atoms with Crippen molar-refractivity contribution in [1.29, 1.82) is 0 Å². The number of ether oxygens (including phenoxy) is 1. The van der Waals surface area contributed by atoms with Crippen molar-refractivity contribution in [3.8, 4) is 5.75 Å². The number of hydrogen-bond donors (Lipinski definition) is 1. The topological polar surface area (TPSA) is 35.2 Å². The molecule has 2 aromatic rings. The van der Waals surface area contributed by atoms with Crippen molar-refractivity contribution in [3.05, 3.63) is 42.0 Å². The van der Waals surface area contributed by atoms with E-state index in [1.165, 1.54) is 0 Å². The molecule has 0 unspecified atom stereocenters. The fourth-order valence-electron chi connectivity index (χ4n) is 1.88. The zero-order chi connectivity index (χ0) is 11.5. The first kappa shape index (κ1) is 10.9. The lowest BCUT2D eigenvalue weighted by Crippen LogP contribution is -2.12. The van der Waals surface area contributed by atoms with Gasteiger partial charge in [0, 0.05) is 5.39 Å². The van der Waals surface area contributed by atoms with Gasteiger partial charge in [0.05, 0.1) is 13.2 Å². The molecule has 0 heterocycles. The van der Waals surface area contributed by atoms with Gasteiger partial charge in [-0.05, 0) is 17.0 Å². The van der Waals surface area contributed by atoms with Crippen LogP contribution in [0.2, 0.25) is 0 Å². The van der Waals surface area contributed by atoms with Crippen LogP contribution >= 0.6 is 0 Å². The summed E-state index contributed by atoms with van der Waals surface area (Å²) in [5, 5.41) is 1.92. The first-order valence-corrected chi connectivity index (χ1v) is 5.15. The van der Waals surface area contributed by atoms with Crippen molar-refractivity contribution < 1.29 is 9.13 Å². The minimum atomic E-state index is -0.573. The number of rotatable bonds is 3. The van der Waals surface area contributed by atoms with Gasteiger partial charge < -0.3 is 10.5 Å². The van der Waals surface area contributed by atoms with Gasteiger partial charge in [0.25, 0.3) is 0 Å². The fraction of sp³-hybridized carbons (Fsp3) is 0.231. The summed E-state index contributed by atoms with van der Waals surface area (Å²) in [4.78, 5) is 0. The van der Waals surface area contributed by atoms with Crippen LogP contribution in [0, 0.1) is 0 Å². The molecule has 0 saturated heterocycles. The highest BCUT2D eigenvalue weighted by Gasteiger charge is 2.11. The molecule has 0 aromatic heterocycles. The number of halogens is 1. The summed E-state index contributed by atoms with van der Waals surface area (Å²) in [5.41, 5.74) is 6.55. The molecule has 2 aromatic carbocycles. The molecule has 0 aliphatic carbocycles. The van der Waals surface area contributed by atoms with E-state index in [4.69, 9.17) is 10.5 Å². The summed E-state index contributed by atoms with van der Waals surface area (Å²) < 4.78 is 17.9. The second-order valence-electron chi connectivity index (χ2n) is 3.66. The van der Waals surface area contributed by atoms with E-state index in [1.54, 1.807) is 7.11 Å². The maximum Gasteiger partial charge on any atom is 0.126 e. The molecule has 0 aliphatic rings. The zero-order valence-electron chi connectivity index (χ0n) is 9.11. The van der Waals surface area contributed by atoms with Crippen LogP contribution in [-0.4, -0.2) is 13.8 Å². The maximum absolute atomic E-state index is 12.6. The number of alkyl halides is 1. The molecule has 0 aliphatic heterocycles. The van der Waals surface area contributed by atoms with Crippen molar-refractivity contribution in [2.45, 2.75) is 6.04 Å². The zero-order valence-corrected chi connectivity index (χ0v) is 9.11. The predicted octanol–water partition coefficient (Wildman–Crippen LogP) is 2.82. The van der Waals surface area contributed by atoms with Crippen LogP contribution in [0.15, 0.2) is 36.4 Å². The highest BCUT2D eigenvalue weighted by Crippen LogP contribution is 2.30. The Morgan fingerprint density at radius 3 is 2.50 bits per heavy atom. The first-order valence-electron chi connectivity index (χ1n) is 5.15. The van der Waals surface area contributed by atoms with E-state index >= 15 is 0 Å². The van der Waals surface area contributed by atoms with Gasteiger partial charge in [-0.15, -0.1) is 0 Å². The maximum atomic E-state index is 12.6. The first-order chi connectivity index (χ1) is 7.77. The van der Waals surface area contributed by atoms with E-state index in [2.05, 4.69) is 0 Å². The average Bonchev–Trinajstić information content (AvgIpc) is 2.36. The predicted molar refractivity (Wildman–Crippen MR) is 63.4 cm³/mol.